The predicted molar refractivity (Wildman–Crippen MR) is 149 cm³/mol. The average molecular weight is 477 g/mol. The van der Waals surface area contributed by atoms with E-state index in [0.717, 1.165) is 29.5 Å². The molecule has 0 saturated carbocycles. The molecule has 0 aliphatic carbocycles. The van der Waals surface area contributed by atoms with Gasteiger partial charge in [-0.2, -0.15) is 0 Å². The summed E-state index contributed by atoms with van der Waals surface area (Å²) in [5, 5.41) is 11.6. The van der Waals surface area contributed by atoms with Gasteiger partial charge in [0.2, 0.25) is 0 Å². The minimum Gasteiger partial charge on any atom is -0.507 e. The van der Waals surface area contributed by atoms with Gasteiger partial charge in [-0.05, 0) is 58.3 Å². The minimum absolute atomic E-state index is 0.129. The van der Waals surface area contributed by atoms with Crippen molar-refractivity contribution in [3.8, 4) is 5.75 Å². The van der Waals surface area contributed by atoms with E-state index in [1.54, 1.807) is 0 Å². The topological polar surface area (TPSA) is 29.5 Å². The van der Waals surface area contributed by atoms with Gasteiger partial charge >= 0.3 is 0 Å². The van der Waals surface area contributed by atoms with Crippen LogP contribution in [0.1, 0.15) is 149 Å². The molecule has 0 saturated heterocycles. The monoisotopic (exact) mass is 476 g/mol. The zero-order valence-corrected chi connectivity index (χ0v) is 23.6. The highest BCUT2D eigenvalue weighted by Gasteiger charge is 2.26. The van der Waals surface area contributed by atoms with Crippen molar-refractivity contribution in [1.82, 2.24) is 0 Å². The van der Waals surface area contributed by atoms with E-state index in [4.69, 9.17) is 17.0 Å². The number of phenolic OH excluding ortho intramolecular Hbond substituents is 1. The number of unbranched alkanes of at least 4 members (excludes halogenated alkanes) is 11. The second-order valence-corrected chi connectivity index (χ2v) is 12.3. The summed E-state index contributed by atoms with van der Waals surface area (Å²) < 4.78 is 5.95. The van der Waals surface area contributed by atoms with E-state index < -0.39 is 0 Å². The molecule has 1 rings (SSSR count). The van der Waals surface area contributed by atoms with E-state index in [1.807, 2.05) is 0 Å². The predicted octanol–water partition coefficient (Wildman–Crippen LogP) is 9.92. The molecule has 1 aromatic rings. The van der Waals surface area contributed by atoms with Gasteiger partial charge in [0.05, 0.1) is 0 Å². The fourth-order valence-electron chi connectivity index (χ4n) is 4.27. The normalized spacial score (nSPS) is 12.2. The molecular formula is C30H52O2S. The van der Waals surface area contributed by atoms with Crippen molar-refractivity contribution in [2.24, 2.45) is 0 Å². The third kappa shape index (κ3) is 12.3. The summed E-state index contributed by atoms with van der Waals surface area (Å²) in [6, 6.07) is 4.16. The van der Waals surface area contributed by atoms with Crippen LogP contribution in [0.2, 0.25) is 0 Å². The van der Waals surface area contributed by atoms with Crippen molar-refractivity contribution in [2.45, 2.75) is 149 Å². The Morgan fingerprint density at radius 1 is 0.727 bits per heavy atom. The summed E-state index contributed by atoms with van der Waals surface area (Å²) in [7, 11) is 0. The lowest BCUT2D eigenvalue weighted by molar-refractivity contribution is 0.290. The summed E-state index contributed by atoms with van der Waals surface area (Å²) in [4.78, 5) is 0. The largest absolute Gasteiger partial charge is 0.507 e. The number of hydrogen-bond donors (Lipinski definition) is 1. The smallest absolute Gasteiger partial charge is 0.160 e. The summed E-state index contributed by atoms with van der Waals surface area (Å²) in [6.45, 7) is 15.6. The van der Waals surface area contributed by atoms with Crippen LogP contribution in [0.3, 0.4) is 0 Å². The van der Waals surface area contributed by atoms with Gasteiger partial charge in [0, 0.05) is 6.42 Å². The molecule has 0 amide bonds. The van der Waals surface area contributed by atoms with Crippen molar-refractivity contribution < 1.29 is 9.84 Å². The summed E-state index contributed by atoms with van der Waals surface area (Å²) in [6.07, 6.45) is 17.0. The first kappa shape index (κ1) is 29.9. The molecule has 0 radical (unpaired) electrons. The lowest BCUT2D eigenvalue weighted by Crippen LogP contribution is -2.18. The summed E-state index contributed by atoms with van der Waals surface area (Å²) in [5.74, 6) is 0.415. The Morgan fingerprint density at radius 2 is 1.12 bits per heavy atom. The fourth-order valence-corrected chi connectivity index (χ4v) is 4.47. The molecule has 0 heterocycles. The van der Waals surface area contributed by atoms with Crippen LogP contribution < -0.4 is 0 Å². The van der Waals surface area contributed by atoms with Gasteiger partial charge in [-0.1, -0.05) is 119 Å². The first-order chi connectivity index (χ1) is 15.5. The molecule has 0 aliphatic rings. The molecule has 190 valence electrons. The molecule has 1 N–H and O–H groups in total. The first-order valence-electron chi connectivity index (χ1n) is 13.5. The van der Waals surface area contributed by atoms with Crippen LogP contribution in [0.15, 0.2) is 12.1 Å². The molecule has 0 aliphatic heterocycles. The van der Waals surface area contributed by atoms with Crippen molar-refractivity contribution in [3.05, 3.63) is 28.8 Å². The molecule has 1 aromatic carbocycles. The lowest BCUT2D eigenvalue weighted by Gasteiger charge is -2.28. The van der Waals surface area contributed by atoms with Gasteiger partial charge in [-0.15, -0.1) is 0 Å². The number of thiocarbonyl (C=S) groups is 1. The number of rotatable bonds is 15. The molecule has 0 aromatic heterocycles. The standard InChI is InChI=1S/C30H52O2S/c1-8-9-10-11-12-13-14-15-16-17-18-19-20-27(33)32-23-24-21-25(29(2,3)4)28(31)26(22-24)30(5,6)7/h21-22,31H,8-20,23H2,1-7H3. The maximum atomic E-state index is 10.9. The Morgan fingerprint density at radius 3 is 1.52 bits per heavy atom. The maximum absolute atomic E-state index is 10.9. The van der Waals surface area contributed by atoms with E-state index in [0.29, 0.717) is 17.4 Å². The quantitative estimate of drug-likeness (QED) is 0.202. The molecule has 0 atom stereocenters. The molecule has 2 nitrogen and oxygen atoms in total. The average Bonchev–Trinajstić information content (AvgIpc) is 2.72. The van der Waals surface area contributed by atoms with Gasteiger partial charge in [-0.3, -0.25) is 0 Å². The third-order valence-electron chi connectivity index (χ3n) is 6.42. The first-order valence-corrected chi connectivity index (χ1v) is 13.9. The molecule has 0 spiro atoms. The zero-order chi connectivity index (χ0) is 24.9. The second kappa shape index (κ2) is 15.0. The third-order valence-corrected chi connectivity index (χ3v) is 6.74. The Balaban J connectivity index is 2.33. The molecule has 0 unspecified atom stereocenters. The van der Waals surface area contributed by atoms with Crippen LogP contribution in [-0.2, 0) is 22.2 Å². The van der Waals surface area contributed by atoms with Crippen molar-refractivity contribution in [2.75, 3.05) is 0 Å². The SMILES string of the molecule is CCCCCCCCCCCCCCC(=S)OCc1cc(C(C)(C)C)c(O)c(C(C)(C)C)c1. The number of hydrogen-bond acceptors (Lipinski definition) is 3. The molecule has 0 bridgehead atoms. The number of benzene rings is 1. The molecule has 33 heavy (non-hydrogen) atoms. The lowest BCUT2D eigenvalue weighted by atomic mass is 9.78. The highest BCUT2D eigenvalue weighted by atomic mass is 32.1. The number of ether oxygens (including phenoxy) is 1. The van der Waals surface area contributed by atoms with Crippen LogP contribution in [0.4, 0.5) is 0 Å². The Bertz CT molecular complexity index is 659. The Hall–Kier alpha value is -1.09. The van der Waals surface area contributed by atoms with Crippen LogP contribution >= 0.6 is 12.2 Å². The maximum Gasteiger partial charge on any atom is 0.160 e. The fraction of sp³-hybridized carbons (Fsp3) is 0.767. The number of aromatic hydroxyl groups is 1. The van der Waals surface area contributed by atoms with Crippen LogP contribution in [-0.4, -0.2) is 10.2 Å². The van der Waals surface area contributed by atoms with E-state index in [-0.39, 0.29) is 10.8 Å². The second-order valence-electron chi connectivity index (χ2n) is 11.8. The van der Waals surface area contributed by atoms with Gasteiger partial charge in [0.1, 0.15) is 12.4 Å². The molecule has 0 fully saturated rings. The molecule has 3 heteroatoms. The van der Waals surface area contributed by atoms with E-state index in [2.05, 4.69) is 60.6 Å². The highest BCUT2D eigenvalue weighted by Crippen LogP contribution is 2.39. The van der Waals surface area contributed by atoms with Gasteiger partial charge < -0.3 is 9.84 Å². The zero-order valence-electron chi connectivity index (χ0n) is 22.8. The van der Waals surface area contributed by atoms with Gasteiger partial charge in [-0.25, -0.2) is 0 Å². The van der Waals surface area contributed by atoms with Crippen molar-refractivity contribution in [3.63, 3.8) is 0 Å². The van der Waals surface area contributed by atoms with E-state index in [9.17, 15) is 5.11 Å². The molecular weight excluding hydrogens is 424 g/mol. The highest BCUT2D eigenvalue weighted by molar-refractivity contribution is 7.80. The van der Waals surface area contributed by atoms with Crippen LogP contribution in [0.5, 0.6) is 5.75 Å². The van der Waals surface area contributed by atoms with E-state index in [1.165, 1.54) is 70.6 Å². The number of phenols is 1. The van der Waals surface area contributed by atoms with E-state index >= 15 is 0 Å². The van der Waals surface area contributed by atoms with Crippen LogP contribution in [0.25, 0.3) is 0 Å². The summed E-state index contributed by atoms with van der Waals surface area (Å²) >= 11 is 5.50. The Labute approximate surface area is 210 Å². The van der Waals surface area contributed by atoms with Gasteiger partial charge in [0.15, 0.2) is 5.05 Å². The van der Waals surface area contributed by atoms with Crippen molar-refractivity contribution in [1.29, 1.82) is 0 Å². The van der Waals surface area contributed by atoms with Crippen LogP contribution in [0, 0.1) is 0 Å². The van der Waals surface area contributed by atoms with Gasteiger partial charge in [0.25, 0.3) is 0 Å². The Kier molecular flexibility index (Phi) is 13.6. The minimum atomic E-state index is -0.129. The summed E-state index contributed by atoms with van der Waals surface area (Å²) in [5.41, 5.74) is 2.77. The van der Waals surface area contributed by atoms with Crippen molar-refractivity contribution >= 4 is 17.3 Å².